The highest BCUT2D eigenvalue weighted by molar-refractivity contribution is 4.75. The van der Waals surface area contributed by atoms with Crippen LogP contribution in [-0.2, 0) is 4.74 Å². The predicted octanol–water partition coefficient (Wildman–Crippen LogP) is 2.46. The van der Waals surface area contributed by atoms with Crippen molar-refractivity contribution in [3.8, 4) is 0 Å². The third kappa shape index (κ3) is 1.51. The van der Waals surface area contributed by atoms with Crippen molar-refractivity contribution in [1.82, 2.24) is 0 Å². The van der Waals surface area contributed by atoms with Crippen LogP contribution in [0.1, 0.15) is 34.1 Å². The maximum atomic E-state index is 5.71. The summed E-state index contributed by atoms with van der Waals surface area (Å²) in [4.78, 5) is 0. The van der Waals surface area contributed by atoms with E-state index in [1.165, 1.54) is 6.42 Å². The summed E-state index contributed by atoms with van der Waals surface area (Å²) in [6, 6.07) is 0. The average molecular weight is 142 g/mol. The van der Waals surface area contributed by atoms with E-state index in [4.69, 9.17) is 4.74 Å². The number of hydrogen-bond donors (Lipinski definition) is 0. The normalized spacial score (nSPS) is 49.2. The SMILES string of the molecule is C[C@@H]1C[C@H](C)[C@H](C)O[C@@H]1C. The van der Waals surface area contributed by atoms with Crippen LogP contribution in [0, 0.1) is 11.8 Å². The first-order valence-corrected chi connectivity index (χ1v) is 4.26. The Morgan fingerprint density at radius 2 is 1.30 bits per heavy atom. The Bertz CT molecular complexity index is 85.3. The fourth-order valence-electron chi connectivity index (χ4n) is 1.58. The summed E-state index contributed by atoms with van der Waals surface area (Å²) in [5, 5.41) is 0. The van der Waals surface area contributed by atoms with Gasteiger partial charge in [0.2, 0.25) is 0 Å². The quantitative estimate of drug-likeness (QED) is 0.505. The zero-order valence-electron chi connectivity index (χ0n) is 7.42. The summed E-state index contributed by atoms with van der Waals surface area (Å²) in [5.74, 6) is 1.48. The van der Waals surface area contributed by atoms with Gasteiger partial charge in [0.05, 0.1) is 12.2 Å². The Kier molecular flexibility index (Phi) is 2.35. The van der Waals surface area contributed by atoms with Crippen molar-refractivity contribution in [3.05, 3.63) is 0 Å². The van der Waals surface area contributed by atoms with Crippen molar-refractivity contribution in [2.45, 2.75) is 46.3 Å². The minimum atomic E-state index is 0.464. The third-order valence-electron chi connectivity index (χ3n) is 2.78. The molecule has 0 saturated carbocycles. The summed E-state index contributed by atoms with van der Waals surface area (Å²) in [6.45, 7) is 8.89. The molecular formula is C9H18O. The first-order valence-electron chi connectivity index (χ1n) is 4.26. The van der Waals surface area contributed by atoms with Crippen molar-refractivity contribution in [2.75, 3.05) is 0 Å². The second-order valence-electron chi connectivity index (χ2n) is 3.74. The summed E-state index contributed by atoms with van der Waals surface area (Å²) in [5.41, 5.74) is 0. The van der Waals surface area contributed by atoms with E-state index < -0.39 is 0 Å². The summed E-state index contributed by atoms with van der Waals surface area (Å²) >= 11 is 0. The third-order valence-corrected chi connectivity index (χ3v) is 2.78. The molecule has 0 unspecified atom stereocenters. The molecule has 1 rings (SSSR count). The Morgan fingerprint density at radius 1 is 0.900 bits per heavy atom. The summed E-state index contributed by atoms with van der Waals surface area (Å²) in [6.07, 6.45) is 2.25. The molecule has 1 saturated heterocycles. The number of rotatable bonds is 0. The van der Waals surface area contributed by atoms with Crippen LogP contribution in [0.5, 0.6) is 0 Å². The molecule has 0 spiro atoms. The fourth-order valence-corrected chi connectivity index (χ4v) is 1.58. The lowest BCUT2D eigenvalue weighted by molar-refractivity contribution is -0.0885. The molecule has 1 heteroatoms. The molecule has 0 aromatic heterocycles. The molecule has 1 fully saturated rings. The number of hydrogen-bond acceptors (Lipinski definition) is 1. The first kappa shape index (κ1) is 8.06. The van der Waals surface area contributed by atoms with Gasteiger partial charge in [0, 0.05) is 0 Å². The molecule has 0 N–H and O–H groups in total. The van der Waals surface area contributed by atoms with E-state index in [1.54, 1.807) is 0 Å². The average Bonchev–Trinajstić information content (AvgIpc) is 1.84. The van der Waals surface area contributed by atoms with Gasteiger partial charge in [-0.05, 0) is 32.1 Å². The molecule has 0 amide bonds. The Labute approximate surface area is 63.8 Å². The van der Waals surface area contributed by atoms with Crippen LogP contribution in [0.4, 0.5) is 0 Å². The molecule has 4 atom stereocenters. The van der Waals surface area contributed by atoms with Gasteiger partial charge in [0.1, 0.15) is 0 Å². The van der Waals surface area contributed by atoms with E-state index in [-0.39, 0.29) is 0 Å². The fraction of sp³-hybridized carbons (Fsp3) is 1.00. The van der Waals surface area contributed by atoms with Crippen LogP contribution in [0.25, 0.3) is 0 Å². The van der Waals surface area contributed by atoms with E-state index >= 15 is 0 Å². The molecule has 1 aliphatic rings. The minimum absolute atomic E-state index is 0.464. The van der Waals surface area contributed by atoms with Gasteiger partial charge in [0.15, 0.2) is 0 Å². The zero-order chi connectivity index (χ0) is 7.72. The van der Waals surface area contributed by atoms with Crippen LogP contribution < -0.4 is 0 Å². The Hall–Kier alpha value is -0.0400. The molecule has 0 aliphatic carbocycles. The monoisotopic (exact) mass is 142 g/mol. The van der Waals surface area contributed by atoms with Gasteiger partial charge in [0.25, 0.3) is 0 Å². The highest BCUT2D eigenvalue weighted by atomic mass is 16.5. The van der Waals surface area contributed by atoms with Gasteiger partial charge in [-0.25, -0.2) is 0 Å². The molecule has 10 heavy (non-hydrogen) atoms. The van der Waals surface area contributed by atoms with Crippen molar-refractivity contribution in [2.24, 2.45) is 11.8 Å². The van der Waals surface area contributed by atoms with Gasteiger partial charge < -0.3 is 4.74 Å². The van der Waals surface area contributed by atoms with E-state index in [0.717, 1.165) is 11.8 Å². The lowest BCUT2D eigenvalue weighted by Gasteiger charge is -2.35. The van der Waals surface area contributed by atoms with E-state index in [9.17, 15) is 0 Å². The topological polar surface area (TPSA) is 9.23 Å². The number of ether oxygens (including phenoxy) is 1. The second-order valence-corrected chi connectivity index (χ2v) is 3.74. The zero-order valence-corrected chi connectivity index (χ0v) is 7.42. The molecule has 0 aromatic carbocycles. The molecule has 0 radical (unpaired) electrons. The smallest absolute Gasteiger partial charge is 0.0576 e. The Morgan fingerprint density at radius 3 is 1.60 bits per heavy atom. The lowest BCUT2D eigenvalue weighted by atomic mass is 9.87. The highest BCUT2D eigenvalue weighted by Crippen LogP contribution is 2.28. The van der Waals surface area contributed by atoms with Crippen LogP contribution in [0.15, 0.2) is 0 Å². The van der Waals surface area contributed by atoms with Gasteiger partial charge in [-0.2, -0.15) is 0 Å². The van der Waals surface area contributed by atoms with E-state index in [1.807, 2.05) is 0 Å². The van der Waals surface area contributed by atoms with Gasteiger partial charge in [-0.3, -0.25) is 0 Å². The molecule has 1 nitrogen and oxygen atoms in total. The molecule has 60 valence electrons. The van der Waals surface area contributed by atoms with Gasteiger partial charge in [-0.15, -0.1) is 0 Å². The minimum Gasteiger partial charge on any atom is -0.375 e. The van der Waals surface area contributed by atoms with Gasteiger partial charge >= 0.3 is 0 Å². The van der Waals surface area contributed by atoms with E-state index in [0.29, 0.717) is 12.2 Å². The molecule has 1 heterocycles. The summed E-state index contributed by atoms with van der Waals surface area (Å²) in [7, 11) is 0. The van der Waals surface area contributed by atoms with Crippen LogP contribution in [0.3, 0.4) is 0 Å². The first-order chi connectivity index (χ1) is 4.61. The second kappa shape index (κ2) is 2.91. The summed E-state index contributed by atoms with van der Waals surface area (Å²) < 4.78 is 5.71. The molecular weight excluding hydrogens is 124 g/mol. The Balaban J connectivity index is 2.46. The highest BCUT2D eigenvalue weighted by Gasteiger charge is 2.27. The molecule has 0 bridgehead atoms. The maximum absolute atomic E-state index is 5.71. The van der Waals surface area contributed by atoms with Crippen molar-refractivity contribution < 1.29 is 4.74 Å². The van der Waals surface area contributed by atoms with E-state index in [2.05, 4.69) is 27.7 Å². The lowest BCUT2D eigenvalue weighted by Crippen LogP contribution is -2.35. The van der Waals surface area contributed by atoms with Crippen LogP contribution in [0.2, 0.25) is 0 Å². The van der Waals surface area contributed by atoms with Crippen molar-refractivity contribution in [3.63, 3.8) is 0 Å². The van der Waals surface area contributed by atoms with Crippen LogP contribution >= 0.6 is 0 Å². The molecule has 1 aliphatic heterocycles. The largest absolute Gasteiger partial charge is 0.375 e. The standard InChI is InChI=1S/C9H18O/c1-6-5-7(2)9(4)10-8(6)3/h6-9H,5H2,1-4H3/t6-,7+,8-,9+. The van der Waals surface area contributed by atoms with Crippen molar-refractivity contribution >= 4 is 0 Å². The maximum Gasteiger partial charge on any atom is 0.0576 e. The predicted molar refractivity (Wildman–Crippen MR) is 43.0 cm³/mol. The van der Waals surface area contributed by atoms with Gasteiger partial charge in [-0.1, -0.05) is 13.8 Å². The molecule has 0 aromatic rings. The van der Waals surface area contributed by atoms with Crippen molar-refractivity contribution in [1.29, 1.82) is 0 Å². The van der Waals surface area contributed by atoms with Crippen LogP contribution in [-0.4, -0.2) is 12.2 Å².